The van der Waals surface area contributed by atoms with Gasteiger partial charge in [-0.3, -0.25) is 4.79 Å². The number of amides is 1. The number of nitrogens with one attached hydrogen (secondary N) is 2. The van der Waals surface area contributed by atoms with E-state index < -0.39 is 0 Å². The maximum absolute atomic E-state index is 11.3. The van der Waals surface area contributed by atoms with Crippen LogP contribution >= 0.6 is 0 Å². The lowest BCUT2D eigenvalue weighted by Gasteiger charge is -2.35. The molecule has 0 heterocycles. The molecule has 0 aromatic carbocycles. The van der Waals surface area contributed by atoms with Crippen LogP contribution in [-0.2, 0) is 9.53 Å². The third-order valence-corrected chi connectivity index (χ3v) is 2.99. The second kappa shape index (κ2) is 4.94. The number of carbonyl (C=O) groups excluding carboxylic acids is 1. The summed E-state index contributed by atoms with van der Waals surface area (Å²) in [6, 6.07) is 0.948. The van der Waals surface area contributed by atoms with Gasteiger partial charge in [-0.25, -0.2) is 0 Å². The van der Waals surface area contributed by atoms with Gasteiger partial charge in [0, 0.05) is 18.7 Å². The van der Waals surface area contributed by atoms with Crippen molar-refractivity contribution in [2.24, 2.45) is 0 Å². The van der Waals surface area contributed by atoms with Crippen molar-refractivity contribution in [3.05, 3.63) is 0 Å². The van der Waals surface area contributed by atoms with Crippen LogP contribution in [-0.4, -0.2) is 37.2 Å². The molecule has 4 nitrogen and oxygen atoms in total. The topological polar surface area (TPSA) is 50.4 Å². The van der Waals surface area contributed by atoms with Crippen LogP contribution in [0.4, 0.5) is 0 Å². The standard InChI is InChI=1S/C11H20N2O2/c1-2-15-10-5-9(6-10)12-7-11(14)13-8-3-4-8/h8-10,12H,2-7H2,1H3,(H,13,14). The molecule has 1 amide bonds. The molecule has 0 bridgehead atoms. The molecule has 86 valence electrons. The van der Waals surface area contributed by atoms with Crippen molar-refractivity contribution in [3.8, 4) is 0 Å². The van der Waals surface area contributed by atoms with Crippen molar-refractivity contribution >= 4 is 5.91 Å². The van der Waals surface area contributed by atoms with E-state index in [-0.39, 0.29) is 5.91 Å². The molecule has 15 heavy (non-hydrogen) atoms. The second-order valence-electron chi connectivity index (χ2n) is 4.47. The highest BCUT2D eigenvalue weighted by atomic mass is 16.5. The maximum atomic E-state index is 11.3. The lowest BCUT2D eigenvalue weighted by atomic mass is 9.89. The molecular formula is C11H20N2O2. The molecule has 0 saturated heterocycles. The van der Waals surface area contributed by atoms with Crippen LogP contribution in [0.1, 0.15) is 32.6 Å². The van der Waals surface area contributed by atoms with Crippen molar-refractivity contribution in [2.75, 3.05) is 13.2 Å². The molecule has 0 spiro atoms. The largest absolute Gasteiger partial charge is 0.378 e. The van der Waals surface area contributed by atoms with Gasteiger partial charge in [0.1, 0.15) is 0 Å². The summed E-state index contributed by atoms with van der Waals surface area (Å²) in [5.41, 5.74) is 0. The molecule has 2 aliphatic rings. The normalized spacial score (nSPS) is 29.7. The lowest BCUT2D eigenvalue weighted by molar-refractivity contribution is -0.120. The predicted molar refractivity (Wildman–Crippen MR) is 57.6 cm³/mol. The Morgan fingerprint density at radius 3 is 2.67 bits per heavy atom. The van der Waals surface area contributed by atoms with Crippen molar-refractivity contribution in [3.63, 3.8) is 0 Å². The number of hydrogen-bond donors (Lipinski definition) is 2. The molecule has 2 N–H and O–H groups in total. The van der Waals surface area contributed by atoms with Gasteiger partial charge >= 0.3 is 0 Å². The summed E-state index contributed by atoms with van der Waals surface area (Å²) in [6.07, 6.45) is 4.82. The molecule has 0 radical (unpaired) electrons. The molecule has 2 rings (SSSR count). The van der Waals surface area contributed by atoms with Crippen LogP contribution in [0.3, 0.4) is 0 Å². The van der Waals surface area contributed by atoms with E-state index in [0.717, 1.165) is 32.3 Å². The van der Waals surface area contributed by atoms with Crippen LogP contribution in [0.25, 0.3) is 0 Å². The van der Waals surface area contributed by atoms with Crippen molar-refractivity contribution in [1.82, 2.24) is 10.6 Å². The minimum Gasteiger partial charge on any atom is -0.378 e. The summed E-state index contributed by atoms with van der Waals surface area (Å²) in [4.78, 5) is 11.3. The first-order valence-electron chi connectivity index (χ1n) is 5.92. The Bertz CT molecular complexity index is 223. The first kappa shape index (κ1) is 10.9. The van der Waals surface area contributed by atoms with E-state index in [2.05, 4.69) is 10.6 Å². The van der Waals surface area contributed by atoms with Crippen LogP contribution < -0.4 is 10.6 Å². The third-order valence-electron chi connectivity index (χ3n) is 2.99. The Balaban J connectivity index is 1.49. The maximum Gasteiger partial charge on any atom is 0.234 e. The molecule has 2 fully saturated rings. The Hall–Kier alpha value is -0.610. The van der Waals surface area contributed by atoms with E-state index in [9.17, 15) is 4.79 Å². The van der Waals surface area contributed by atoms with Crippen molar-refractivity contribution < 1.29 is 9.53 Å². The van der Waals surface area contributed by atoms with E-state index >= 15 is 0 Å². The highest BCUT2D eigenvalue weighted by Crippen LogP contribution is 2.23. The number of ether oxygens (including phenoxy) is 1. The van der Waals surface area contributed by atoms with Gasteiger partial charge in [-0.05, 0) is 32.6 Å². The minimum absolute atomic E-state index is 0.136. The Morgan fingerprint density at radius 2 is 2.07 bits per heavy atom. The van der Waals surface area contributed by atoms with E-state index in [1.165, 1.54) is 0 Å². The number of carbonyl (C=O) groups is 1. The van der Waals surface area contributed by atoms with Crippen molar-refractivity contribution in [1.29, 1.82) is 0 Å². The third kappa shape index (κ3) is 3.47. The van der Waals surface area contributed by atoms with Crippen LogP contribution in [0.2, 0.25) is 0 Å². The fourth-order valence-electron chi connectivity index (χ4n) is 1.85. The molecule has 4 heteroatoms. The van der Waals surface area contributed by atoms with Gasteiger partial charge in [0.15, 0.2) is 0 Å². The SMILES string of the molecule is CCOC1CC(NCC(=O)NC2CC2)C1. The van der Waals surface area contributed by atoms with Gasteiger partial charge in [-0.15, -0.1) is 0 Å². The van der Waals surface area contributed by atoms with Gasteiger partial charge in [0.25, 0.3) is 0 Å². The average molecular weight is 212 g/mol. The summed E-state index contributed by atoms with van der Waals surface area (Å²) in [7, 11) is 0. The number of hydrogen-bond acceptors (Lipinski definition) is 3. The molecule has 0 aromatic heterocycles. The molecule has 0 unspecified atom stereocenters. The smallest absolute Gasteiger partial charge is 0.234 e. The summed E-state index contributed by atoms with van der Waals surface area (Å²) >= 11 is 0. The van der Waals surface area contributed by atoms with Crippen LogP contribution in [0.5, 0.6) is 0 Å². The minimum atomic E-state index is 0.136. The van der Waals surface area contributed by atoms with Crippen molar-refractivity contribution in [2.45, 2.75) is 50.8 Å². The summed E-state index contributed by atoms with van der Waals surface area (Å²) in [5.74, 6) is 0.136. The molecule has 0 aliphatic heterocycles. The highest BCUT2D eigenvalue weighted by Gasteiger charge is 2.30. The van der Waals surface area contributed by atoms with E-state index in [1.54, 1.807) is 0 Å². The Kier molecular flexibility index (Phi) is 3.59. The van der Waals surface area contributed by atoms with Gasteiger partial charge in [0.05, 0.1) is 12.6 Å². The monoisotopic (exact) mass is 212 g/mol. The van der Waals surface area contributed by atoms with E-state index in [4.69, 9.17) is 4.74 Å². The quantitative estimate of drug-likeness (QED) is 0.671. The van der Waals surface area contributed by atoms with Gasteiger partial charge in [-0.1, -0.05) is 0 Å². The molecular weight excluding hydrogens is 192 g/mol. The fourth-order valence-corrected chi connectivity index (χ4v) is 1.85. The van der Waals surface area contributed by atoms with Crippen LogP contribution in [0.15, 0.2) is 0 Å². The summed E-state index contributed by atoms with van der Waals surface area (Å²) in [5, 5.41) is 6.21. The first-order valence-corrected chi connectivity index (χ1v) is 5.92. The molecule has 0 atom stereocenters. The molecule has 2 aliphatic carbocycles. The summed E-state index contributed by atoms with van der Waals surface area (Å²) in [6.45, 7) is 3.27. The zero-order valence-electron chi connectivity index (χ0n) is 9.29. The highest BCUT2D eigenvalue weighted by molar-refractivity contribution is 5.78. The molecule has 2 saturated carbocycles. The second-order valence-corrected chi connectivity index (χ2v) is 4.47. The summed E-state index contributed by atoms with van der Waals surface area (Å²) < 4.78 is 5.45. The predicted octanol–water partition coefficient (Wildman–Crippen LogP) is 0.422. The lowest BCUT2D eigenvalue weighted by Crippen LogP contribution is -2.48. The van der Waals surface area contributed by atoms with Gasteiger partial charge in [-0.2, -0.15) is 0 Å². The van der Waals surface area contributed by atoms with Gasteiger partial charge < -0.3 is 15.4 Å². The Morgan fingerprint density at radius 1 is 1.33 bits per heavy atom. The fraction of sp³-hybridized carbons (Fsp3) is 0.909. The zero-order valence-corrected chi connectivity index (χ0v) is 9.29. The molecule has 0 aromatic rings. The average Bonchev–Trinajstić information content (AvgIpc) is 2.92. The van der Waals surface area contributed by atoms with Crippen LogP contribution in [0, 0.1) is 0 Å². The van der Waals surface area contributed by atoms with Gasteiger partial charge in [0.2, 0.25) is 5.91 Å². The Labute approximate surface area is 90.8 Å². The van der Waals surface area contributed by atoms with E-state index in [1.807, 2.05) is 6.92 Å². The number of rotatable bonds is 6. The van der Waals surface area contributed by atoms with E-state index in [0.29, 0.717) is 24.7 Å². The first-order chi connectivity index (χ1) is 7.28. The zero-order chi connectivity index (χ0) is 10.7.